The number of hydrogen-bond donors (Lipinski definition) is 1. The maximum atomic E-state index is 11.5. The minimum absolute atomic E-state index is 0.105. The number of carbonyl (C=O) groups excluding carboxylic acids is 1. The van der Waals surface area contributed by atoms with E-state index in [2.05, 4.69) is 10.3 Å². The molecule has 1 aromatic heterocycles. The van der Waals surface area contributed by atoms with Crippen molar-refractivity contribution >= 4 is 11.7 Å². The van der Waals surface area contributed by atoms with E-state index in [1.807, 2.05) is 13.8 Å². The number of rotatable bonds is 2. The molecule has 0 saturated heterocycles. The van der Waals surface area contributed by atoms with E-state index in [1.165, 1.54) is 0 Å². The van der Waals surface area contributed by atoms with Gasteiger partial charge in [0.25, 0.3) is 0 Å². The van der Waals surface area contributed by atoms with Crippen LogP contribution >= 0.6 is 0 Å². The molecule has 1 aromatic rings. The number of hydrogen-bond acceptors (Lipinski definition) is 2. The summed E-state index contributed by atoms with van der Waals surface area (Å²) in [5.74, 6) is 0. The van der Waals surface area contributed by atoms with Gasteiger partial charge in [-0.3, -0.25) is 9.88 Å². The highest BCUT2D eigenvalue weighted by atomic mass is 16.2. The molecular weight excluding hydrogens is 178 g/mol. The van der Waals surface area contributed by atoms with Crippen LogP contribution in [0.5, 0.6) is 0 Å². The van der Waals surface area contributed by atoms with Gasteiger partial charge in [0.1, 0.15) is 0 Å². The molecule has 0 aliphatic carbocycles. The first kappa shape index (κ1) is 10.5. The third-order valence-electron chi connectivity index (χ3n) is 1.77. The van der Waals surface area contributed by atoms with Gasteiger partial charge in [-0.05, 0) is 26.0 Å². The third kappa shape index (κ3) is 2.73. The van der Waals surface area contributed by atoms with E-state index in [9.17, 15) is 4.79 Å². The van der Waals surface area contributed by atoms with Crippen LogP contribution in [0.3, 0.4) is 0 Å². The van der Waals surface area contributed by atoms with Crippen molar-refractivity contribution in [3.8, 4) is 0 Å². The summed E-state index contributed by atoms with van der Waals surface area (Å²) in [4.78, 5) is 17.0. The van der Waals surface area contributed by atoms with Crippen LogP contribution in [0.2, 0.25) is 0 Å². The Bertz CT molecular complexity index is 297. The van der Waals surface area contributed by atoms with E-state index >= 15 is 0 Å². The molecule has 0 radical (unpaired) electrons. The molecular formula is C10H15N3O. The molecule has 0 atom stereocenters. The van der Waals surface area contributed by atoms with Crippen molar-refractivity contribution in [1.82, 2.24) is 10.3 Å². The second-order valence-electron chi connectivity index (χ2n) is 3.37. The van der Waals surface area contributed by atoms with Gasteiger partial charge in [0.2, 0.25) is 0 Å². The topological polar surface area (TPSA) is 45.2 Å². The third-order valence-corrected chi connectivity index (χ3v) is 1.77. The van der Waals surface area contributed by atoms with E-state index in [0.29, 0.717) is 0 Å². The number of carbonyl (C=O) groups is 1. The number of nitrogens with one attached hydrogen (secondary N) is 1. The van der Waals surface area contributed by atoms with Crippen LogP contribution in [0.4, 0.5) is 10.5 Å². The summed E-state index contributed by atoms with van der Waals surface area (Å²) in [7, 11) is 1.73. The van der Waals surface area contributed by atoms with Crippen molar-refractivity contribution < 1.29 is 4.79 Å². The van der Waals surface area contributed by atoms with Crippen molar-refractivity contribution in [2.24, 2.45) is 0 Å². The normalized spacial score (nSPS) is 10.0. The molecule has 0 fully saturated rings. The molecule has 0 saturated carbocycles. The molecule has 0 spiro atoms. The van der Waals surface area contributed by atoms with Crippen molar-refractivity contribution in [2.45, 2.75) is 19.9 Å². The van der Waals surface area contributed by atoms with Gasteiger partial charge in [-0.15, -0.1) is 0 Å². The number of urea groups is 1. The Kier molecular flexibility index (Phi) is 3.45. The van der Waals surface area contributed by atoms with E-state index in [-0.39, 0.29) is 12.1 Å². The summed E-state index contributed by atoms with van der Waals surface area (Å²) < 4.78 is 0. The molecule has 4 nitrogen and oxygen atoms in total. The Morgan fingerprint density at radius 2 is 2.00 bits per heavy atom. The minimum Gasteiger partial charge on any atom is -0.336 e. The Balaban J connectivity index is 2.66. The first-order chi connectivity index (χ1) is 6.61. The Labute approximate surface area is 83.9 Å². The maximum Gasteiger partial charge on any atom is 0.321 e. The number of pyridine rings is 1. The minimum atomic E-state index is -0.105. The quantitative estimate of drug-likeness (QED) is 0.776. The van der Waals surface area contributed by atoms with E-state index < -0.39 is 0 Å². The molecule has 1 N–H and O–H groups in total. The monoisotopic (exact) mass is 193 g/mol. The number of aromatic nitrogens is 1. The van der Waals surface area contributed by atoms with Crippen LogP contribution in [-0.2, 0) is 0 Å². The predicted octanol–water partition coefficient (Wildman–Crippen LogP) is 1.64. The fourth-order valence-electron chi connectivity index (χ4n) is 1.03. The van der Waals surface area contributed by atoms with Crippen molar-refractivity contribution in [1.29, 1.82) is 0 Å². The predicted molar refractivity (Wildman–Crippen MR) is 56.3 cm³/mol. The standard InChI is InChI=1S/C10H15N3O/c1-8(2)12-10(14)13(3)9-4-6-11-7-5-9/h4-8H,1-3H3,(H,12,14). The van der Waals surface area contributed by atoms with Gasteiger partial charge in [-0.25, -0.2) is 4.79 Å². The Hall–Kier alpha value is -1.58. The smallest absolute Gasteiger partial charge is 0.321 e. The number of amides is 2. The fraction of sp³-hybridized carbons (Fsp3) is 0.400. The van der Waals surface area contributed by atoms with Crippen LogP contribution in [-0.4, -0.2) is 24.1 Å². The zero-order valence-electron chi connectivity index (χ0n) is 8.69. The molecule has 0 unspecified atom stereocenters. The summed E-state index contributed by atoms with van der Waals surface area (Å²) >= 11 is 0. The van der Waals surface area contributed by atoms with Crippen LogP contribution in [0.1, 0.15) is 13.8 Å². The number of nitrogens with zero attached hydrogens (tertiary/aromatic N) is 2. The first-order valence-corrected chi connectivity index (χ1v) is 4.55. The van der Waals surface area contributed by atoms with Gasteiger partial charge in [-0.2, -0.15) is 0 Å². The van der Waals surface area contributed by atoms with E-state index in [1.54, 1.807) is 36.5 Å². The average Bonchev–Trinajstić information content (AvgIpc) is 2.17. The summed E-state index contributed by atoms with van der Waals surface area (Å²) in [5, 5.41) is 2.81. The highest BCUT2D eigenvalue weighted by molar-refractivity contribution is 5.91. The second-order valence-corrected chi connectivity index (χ2v) is 3.37. The summed E-state index contributed by atoms with van der Waals surface area (Å²) in [5.41, 5.74) is 0.832. The van der Waals surface area contributed by atoms with Crippen LogP contribution in [0.25, 0.3) is 0 Å². The lowest BCUT2D eigenvalue weighted by Crippen LogP contribution is -2.40. The van der Waals surface area contributed by atoms with Crippen LogP contribution in [0.15, 0.2) is 24.5 Å². The summed E-state index contributed by atoms with van der Waals surface area (Å²) in [6.07, 6.45) is 3.32. The van der Waals surface area contributed by atoms with Gasteiger partial charge in [-0.1, -0.05) is 0 Å². The highest BCUT2D eigenvalue weighted by Gasteiger charge is 2.10. The van der Waals surface area contributed by atoms with Gasteiger partial charge in [0, 0.05) is 31.2 Å². The molecule has 1 heterocycles. The van der Waals surface area contributed by atoms with Crippen molar-refractivity contribution in [2.75, 3.05) is 11.9 Å². The summed E-state index contributed by atoms with van der Waals surface area (Å²) in [6.45, 7) is 3.86. The van der Waals surface area contributed by atoms with Crippen molar-refractivity contribution in [3.63, 3.8) is 0 Å². The van der Waals surface area contributed by atoms with Crippen molar-refractivity contribution in [3.05, 3.63) is 24.5 Å². The lowest BCUT2D eigenvalue weighted by molar-refractivity contribution is 0.245. The average molecular weight is 193 g/mol. The maximum absolute atomic E-state index is 11.5. The zero-order valence-corrected chi connectivity index (χ0v) is 8.69. The van der Waals surface area contributed by atoms with Gasteiger partial charge < -0.3 is 5.32 Å². The highest BCUT2D eigenvalue weighted by Crippen LogP contribution is 2.09. The second kappa shape index (κ2) is 4.60. The molecule has 0 aliphatic rings. The van der Waals surface area contributed by atoms with Crippen LogP contribution < -0.4 is 10.2 Å². The lowest BCUT2D eigenvalue weighted by Gasteiger charge is -2.19. The van der Waals surface area contributed by atoms with Gasteiger partial charge >= 0.3 is 6.03 Å². The molecule has 76 valence electrons. The Morgan fingerprint density at radius 3 is 2.50 bits per heavy atom. The molecule has 2 amide bonds. The van der Waals surface area contributed by atoms with Gasteiger partial charge in [0.05, 0.1) is 0 Å². The molecule has 0 aliphatic heterocycles. The molecule has 1 rings (SSSR count). The largest absolute Gasteiger partial charge is 0.336 e. The number of anilines is 1. The SMILES string of the molecule is CC(C)NC(=O)N(C)c1ccncc1. The van der Waals surface area contributed by atoms with E-state index in [0.717, 1.165) is 5.69 Å². The molecule has 4 heteroatoms. The van der Waals surface area contributed by atoms with E-state index in [4.69, 9.17) is 0 Å². The molecule has 0 bridgehead atoms. The molecule has 0 aromatic carbocycles. The summed E-state index contributed by atoms with van der Waals surface area (Å²) in [6, 6.07) is 3.62. The van der Waals surface area contributed by atoms with Gasteiger partial charge in [0.15, 0.2) is 0 Å². The first-order valence-electron chi connectivity index (χ1n) is 4.55. The molecule has 14 heavy (non-hydrogen) atoms. The Morgan fingerprint density at radius 1 is 1.43 bits per heavy atom. The van der Waals surface area contributed by atoms with Crippen LogP contribution in [0, 0.1) is 0 Å². The zero-order chi connectivity index (χ0) is 10.6. The fourth-order valence-corrected chi connectivity index (χ4v) is 1.03. The lowest BCUT2D eigenvalue weighted by atomic mass is 10.3.